The normalized spacial score (nSPS) is 15.4. The molecule has 1 atom stereocenters. The molecule has 0 saturated heterocycles. The largest absolute Gasteiger partial charge is 0.484 e. The van der Waals surface area contributed by atoms with Crippen LogP contribution in [-0.4, -0.2) is 35.4 Å². The molecule has 0 aliphatic heterocycles. The Kier molecular flexibility index (Phi) is 9.14. The number of carbonyl (C=O) groups is 2. The molecular formula is C29H40N2O3. The Morgan fingerprint density at radius 1 is 1.00 bits per heavy atom. The molecule has 5 nitrogen and oxygen atoms in total. The van der Waals surface area contributed by atoms with E-state index < -0.39 is 6.04 Å². The van der Waals surface area contributed by atoms with Crippen molar-refractivity contribution >= 4 is 11.8 Å². The van der Waals surface area contributed by atoms with Crippen LogP contribution < -0.4 is 10.1 Å². The number of ether oxygens (including phenoxy) is 1. The Morgan fingerprint density at radius 3 is 2.24 bits per heavy atom. The second-order valence-corrected chi connectivity index (χ2v) is 10.3. The van der Waals surface area contributed by atoms with Crippen LogP contribution in [0.2, 0.25) is 0 Å². The van der Waals surface area contributed by atoms with Gasteiger partial charge in [-0.25, -0.2) is 0 Å². The van der Waals surface area contributed by atoms with Gasteiger partial charge in [0, 0.05) is 12.6 Å². The summed E-state index contributed by atoms with van der Waals surface area (Å²) in [5.74, 6) is 0.406. The fourth-order valence-corrected chi connectivity index (χ4v) is 4.52. The van der Waals surface area contributed by atoms with E-state index in [0.29, 0.717) is 18.7 Å². The van der Waals surface area contributed by atoms with Gasteiger partial charge in [-0.05, 0) is 47.9 Å². The topological polar surface area (TPSA) is 58.6 Å². The standard InChI is InChI=1S/C29H40N2O3/c1-5-26(28(33)30-24-14-10-7-11-15-24)31(20-22-12-8-6-9-13-22)27(32)21-34-25-18-16-23(17-19-25)29(2,3)4/h6,8-9,12-13,16-19,24,26H,5,7,10-11,14-15,20-21H2,1-4H3,(H,30,33)/t26-/m1/s1. The number of nitrogens with one attached hydrogen (secondary N) is 1. The molecule has 3 rings (SSSR count). The molecule has 0 aromatic heterocycles. The molecule has 0 bridgehead atoms. The van der Waals surface area contributed by atoms with Gasteiger partial charge in [0.15, 0.2) is 6.61 Å². The van der Waals surface area contributed by atoms with E-state index in [2.05, 4.69) is 26.1 Å². The van der Waals surface area contributed by atoms with Crippen LogP contribution in [0.25, 0.3) is 0 Å². The Hall–Kier alpha value is -2.82. The molecule has 1 saturated carbocycles. The number of hydrogen-bond donors (Lipinski definition) is 1. The highest BCUT2D eigenvalue weighted by Crippen LogP contribution is 2.24. The molecule has 2 aromatic carbocycles. The van der Waals surface area contributed by atoms with Crippen LogP contribution in [-0.2, 0) is 21.5 Å². The van der Waals surface area contributed by atoms with Crippen molar-refractivity contribution in [3.05, 3.63) is 65.7 Å². The first-order valence-electron chi connectivity index (χ1n) is 12.6. The van der Waals surface area contributed by atoms with E-state index in [1.54, 1.807) is 4.90 Å². The maximum atomic E-state index is 13.4. The van der Waals surface area contributed by atoms with Gasteiger partial charge in [0.05, 0.1) is 0 Å². The first kappa shape index (κ1) is 25.8. The fraction of sp³-hybridized carbons (Fsp3) is 0.517. The van der Waals surface area contributed by atoms with E-state index in [9.17, 15) is 9.59 Å². The highest BCUT2D eigenvalue weighted by Gasteiger charge is 2.30. The van der Waals surface area contributed by atoms with Gasteiger partial charge >= 0.3 is 0 Å². The lowest BCUT2D eigenvalue weighted by Gasteiger charge is -2.32. The molecule has 184 valence electrons. The zero-order valence-corrected chi connectivity index (χ0v) is 21.2. The van der Waals surface area contributed by atoms with Gasteiger partial charge in [-0.1, -0.05) is 89.4 Å². The second-order valence-electron chi connectivity index (χ2n) is 10.3. The van der Waals surface area contributed by atoms with Crippen molar-refractivity contribution in [3.63, 3.8) is 0 Å². The molecule has 0 heterocycles. The molecule has 1 fully saturated rings. The Bertz CT molecular complexity index is 913. The van der Waals surface area contributed by atoms with Gasteiger partial charge < -0.3 is 15.0 Å². The van der Waals surface area contributed by atoms with Crippen molar-refractivity contribution in [2.45, 2.75) is 90.3 Å². The monoisotopic (exact) mass is 464 g/mol. The van der Waals surface area contributed by atoms with Crippen LogP contribution in [0.5, 0.6) is 5.75 Å². The maximum absolute atomic E-state index is 13.4. The minimum Gasteiger partial charge on any atom is -0.484 e. The molecule has 2 aromatic rings. The van der Waals surface area contributed by atoms with Crippen LogP contribution >= 0.6 is 0 Å². The van der Waals surface area contributed by atoms with E-state index in [0.717, 1.165) is 31.2 Å². The lowest BCUT2D eigenvalue weighted by molar-refractivity contribution is -0.143. The van der Waals surface area contributed by atoms with Crippen molar-refractivity contribution in [2.24, 2.45) is 0 Å². The van der Waals surface area contributed by atoms with Crippen LogP contribution in [0.3, 0.4) is 0 Å². The SMILES string of the molecule is CC[C@H](C(=O)NC1CCCCC1)N(Cc1ccccc1)C(=O)COc1ccc(C(C)(C)C)cc1. The summed E-state index contributed by atoms with van der Waals surface area (Å²) >= 11 is 0. The molecule has 0 unspecified atom stereocenters. The highest BCUT2D eigenvalue weighted by molar-refractivity contribution is 5.88. The third-order valence-electron chi connectivity index (χ3n) is 6.62. The fourth-order valence-electron chi connectivity index (χ4n) is 4.52. The lowest BCUT2D eigenvalue weighted by Crippen LogP contribution is -2.52. The minimum absolute atomic E-state index is 0.0564. The van der Waals surface area contributed by atoms with E-state index in [1.807, 2.05) is 61.5 Å². The number of nitrogens with zero attached hydrogens (tertiary/aromatic N) is 1. The van der Waals surface area contributed by atoms with Gasteiger partial charge in [0.2, 0.25) is 5.91 Å². The molecule has 1 N–H and O–H groups in total. The van der Waals surface area contributed by atoms with Crippen LogP contribution in [0.15, 0.2) is 54.6 Å². The molecule has 5 heteroatoms. The van der Waals surface area contributed by atoms with Crippen molar-refractivity contribution in [2.75, 3.05) is 6.61 Å². The number of rotatable bonds is 9. The second kappa shape index (κ2) is 12.0. The average Bonchev–Trinajstić information content (AvgIpc) is 2.83. The quantitative estimate of drug-likeness (QED) is 0.524. The van der Waals surface area contributed by atoms with Gasteiger partial charge in [-0.2, -0.15) is 0 Å². The Morgan fingerprint density at radius 2 is 1.65 bits per heavy atom. The zero-order valence-electron chi connectivity index (χ0n) is 21.2. The van der Waals surface area contributed by atoms with Crippen LogP contribution in [0, 0.1) is 0 Å². The number of hydrogen-bond acceptors (Lipinski definition) is 3. The summed E-state index contributed by atoms with van der Waals surface area (Å²) in [5, 5.41) is 3.21. The predicted octanol–water partition coefficient (Wildman–Crippen LogP) is 5.62. The summed E-state index contributed by atoms with van der Waals surface area (Å²) in [6.07, 6.45) is 6.12. The summed E-state index contributed by atoms with van der Waals surface area (Å²) in [6.45, 7) is 8.73. The van der Waals surface area contributed by atoms with Crippen molar-refractivity contribution < 1.29 is 14.3 Å². The molecule has 34 heavy (non-hydrogen) atoms. The third kappa shape index (κ3) is 7.34. The van der Waals surface area contributed by atoms with Gasteiger partial charge in [0.25, 0.3) is 5.91 Å². The summed E-state index contributed by atoms with van der Waals surface area (Å²) in [5.41, 5.74) is 2.26. The van der Waals surface area contributed by atoms with Gasteiger partial charge in [-0.15, -0.1) is 0 Å². The number of carbonyl (C=O) groups excluding carboxylic acids is 2. The minimum atomic E-state index is -0.526. The summed E-state index contributed by atoms with van der Waals surface area (Å²) in [4.78, 5) is 28.3. The number of benzene rings is 2. The van der Waals surface area contributed by atoms with Crippen LogP contribution in [0.1, 0.15) is 77.3 Å². The van der Waals surface area contributed by atoms with Crippen molar-refractivity contribution in [1.82, 2.24) is 10.2 Å². The Balaban J connectivity index is 1.71. The van der Waals surface area contributed by atoms with E-state index >= 15 is 0 Å². The van der Waals surface area contributed by atoms with Crippen molar-refractivity contribution in [3.8, 4) is 5.75 Å². The Labute approximate surface area is 204 Å². The summed E-state index contributed by atoms with van der Waals surface area (Å²) < 4.78 is 5.86. The average molecular weight is 465 g/mol. The van der Waals surface area contributed by atoms with E-state index in [-0.39, 0.29) is 29.9 Å². The molecule has 1 aliphatic carbocycles. The molecule has 1 aliphatic rings. The zero-order chi connectivity index (χ0) is 24.6. The van der Waals surface area contributed by atoms with Gasteiger partial charge in [0.1, 0.15) is 11.8 Å². The molecular weight excluding hydrogens is 424 g/mol. The third-order valence-corrected chi connectivity index (χ3v) is 6.62. The lowest BCUT2D eigenvalue weighted by atomic mass is 9.87. The van der Waals surface area contributed by atoms with Crippen molar-refractivity contribution in [1.29, 1.82) is 0 Å². The summed E-state index contributed by atoms with van der Waals surface area (Å²) in [6, 6.07) is 17.4. The first-order valence-corrected chi connectivity index (χ1v) is 12.6. The van der Waals surface area contributed by atoms with Crippen LogP contribution in [0.4, 0.5) is 0 Å². The molecule has 2 amide bonds. The maximum Gasteiger partial charge on any atom is 0.261 e. The molecule has 0 spiro atoms. The predicted molar refractivity (Wildman–Crippen MR) is 137 cm³/mol. The van der Waals surface area contributed by atoms with E-state index in [1.165, 1.54) is 12.0 Å². The number of amides is 2. The highest BCUT2D eigenvalue weighted by atomic mass is 16.5. The van der Waals surface area contributed by atoms with Gasteiger partial charge in [-0.3, -0.25) is 9.59 Å². The molecule has 0 radical (unpaired) electrons. The summed E-state index contributed by atoms with van der Waals surface area (Å²) in [7, 11) is 0. The smallest absolute Gasteiger partial charge is 0.261 e. The van der Waals surface area contributed by atoms with E-state index in [4.69, 9.17) is 4.74 Å². The first-order chi connectivity index (χ1) is 16.3.